The molecular weight excluding hydrogens is 287 g/mol. The zero-order valence-electron chi connectivity index (χ0n) is 11.1. The molecule has 0 aliphatic carbocycles. The second kappa shape index (κ2) is 4.99. The summed E-state index contributed by atoms with van der Waals surface area (Å²) in [6, 6.07) is 0. The van der Waals surface area contributed by atoms with E-state index in [1.807, 2.05) is 0 Å². The van der Waals surface area contributed by atoms with Gasteiger partial charge in [-0.25, -0.2) is 15.0 Å². The smallest absolute Gasteiger partial charge is 0.449 e. The number of aromatic nitrogens is 4. The van der Waals surface area contributed by atoms with Gasteiger partial charge in [-0.3, -0.25) is 0 Å². The number of halogens is 3. The highest BCUT2D eigenvalue weighted by atomic mass is 19.4. The molecule has 0 unspecified atom stereocenters. The Bertz CT molecular complexity index is 667. The summed E-state index contributed by atoms with van der Waals surface area (Å²) in [4.78, 5) is 11.5. The fourth-order valence-electron chi connectivity index (χ4n) is 2.38. The summed E-state index contributed by atoms with van der Waals surface area (Å²) in [6.45, 7) is 0.984. The number of fused-ring (bicyclic) bond motifs is 1. The summed E-state index contributed by atoms with van der Waals surface area (Å²) in [5, 5.41) is 3.04. The number of hydrogen-bond acceptors (Lipinski definition) is 5. The van der Waals surface area contributed by atoms with Gasteiger partial charge < -0.3 is 14.6 Å². The fraction of sp³-hybridized carbons (Fsp3) is 0.417. The van der Waals surface area contributed by atoms with Crippen LogP contribution < -0.4 is 10.1 Å². The first-order valence-corrected chi connectivity index (χ1v) is 6.24. The number of rotatable bonds is 2. The maximum Gasteiger partial charge on any atom is 0.449 e. The van der Waals surface area contributed by atoms with Gasteiger partial charge in [-0.15, -0.1) is 0 Å². The second-order valence-electron chi connectivity index (χ2n) is 4.50. The largest absolute Gasteiger partial charge is 0.480 e. The highest BCUT2D eigenvalue weighted by Crippen LogP contribution is 2.36. The Labute approximate surface area is 118 Å². The first-order valence-electron chi connectivity index (χ1n) is 6.24. The number of nitrogens with one attached hydrogen (secondary N) is 1. The lowest BCUT2D eigenvalue weighted by atomic mass is 10.1. The summed E-state index contributed by atoms with van der Waals surface area (Å²) >= 11 is 0. The minimum Gasteiger partial charge on any atom is -0.480 e. The summed E-state index contributed by atoms with van der Waals surface area (Å²) in [6.07, 6.45) is -1.83. The van der Waals surface area contributed by atoms with E-state index in [0.29, 0.717) is 24.3 Å². The van der Waals surface area contributed by atoms with Crippen LogP contribution in [-0.4, -0.2) is 33.2 Å². The molecule has 0 fully saturated rings. The van der Waals surface area contributed by atoms with Crippen molar-refractivity contribution in [1.82, 2.24) is 24.8 Å². The van der Waals surface area contributed by atoms with Gasteiger partial charge in [0.2, 0.25) is 11.7 Å². The van der Waals surface area contributed by atoms with E-state index in [4.69, 9.17) is 4.74 Å². The van der Waals surface area contributed by atoms with Crippen LogP contribution in [0.25, 0.3) is 11.3 Å². The topological polar surface area (TPSA) is 64.9 Å². The molecule has 0 amide bonds. The zero-order chi connectivity index (χ0) is 15.0. The van der Waals surface area contributed by atoms with E-state index in [2.05, 4.69) is 20.3 Å². The number of alkyl halides is 3. The Morgan fingerprint density at radius 2 is 2.19 bits per heavy atom. The molecule has 112 valence electrons. The Kier molecular flexibility index (Phi) is 3.28. The van der Waals surface area contributed by atoms with Crippen LogP contribution in [0.15, 0.2) is 12.5 Å². The van der Waals surface area contributed by atoms with Crippen molar-refractivity contribution >= 4 is 0 Å². The number of hydrogen-bond donors (Lipinski definition) is 1. The van der Waals surface area contributed by atoms with Crippen molar-refractivity contribution in [1.29, 1.82) is 0 Å². The van der Waals surface area contributed by atoms with Gasteiger partial charge in [0.25, 0.3) is 0 Å². The van der Waals surface area contributed by atoms with E-state index in [0.717, 1.165) is 0 Å². The number of ether oxygens (including phenoxy) is 1. The number of nitrogens with zero attached hydrogens (tertiary/aromatic N) is 4. The van der Waals surface area contributed by atoms with Crippen LogP contribution in [-0.2, 0) is 19.3 Å². The van der Waals surface area contributed by atoms with E-state index in [-0.39, 0.29) is 18.1 Å². The predicted octanol–water partition coefficient (Wildman–Crippen LogP) is 1.47. The lowest BCUT2D eigenvalue weighted by molar-refractivity contribution is -0.147. The van der Waals surface area contributed by atoms with E-state index in [1.54, 1.807) is 0 Å². The molecule has 0 atom stereocenters. The maximum atomic E-state index is 13.1. The summed E-state index contributed by atoms with van der Waals surface area (Å²) < 4.78 is 45.6. The number of imidazole rings is 1. The first-order chi connectivity index (χ1) is 10.0. The van der Waals surface area contributed by atoms with Crippen molar-refractivity contribution in [3.63, 3.8) is 0 Å². The van der Waals surface area contributed by atoms with Gasteiger partial charge in [0.15, 0.2) is 0 Å². The quantitative estimate of drug-likeness (QED) is 0.909. The van der Waals surface area contributed by atoms with E-state index in [9.17, 15) is 13.2 Å². The highest BCUT2D eigenvalue weighted by molar-refractivity contribution is 5.67. The summed E-state index contributed by atoms with van der Waals surface area (Å²) in [7, 11) is 1.40. The highest BCUT2D eigenvalue weighted by Gasteiger charge is 2.40. The van der Waals surface area contributed by atoms with Crippen molar-refractivity contribution in [3.05, 3.63) is 24.0 Å². The molecule has 3 rings (SSSR count). The van der Waals surface area contributed by atoms with Crippen LogP contribution >= 0.6 is 0 Å². The molecule has 0 spiro atoms. The van der Waals surface area contributed by atoms with Gasteiger partial charge in [0.1, 0.15) is 12.0 Å². The minimum absolute atomic E-state index is 0.199. The molecule has 2 aromatic heterocycles. The Hall–Kier alpha value is -2.16. The Morgan fingerprint density at radius 1 is 1.38 bits per heavy atom. The minimum atomic E-state index is -4.51. The molecule has 0 radical (unpaired) electrons. The third-order valence-electron chi connectivity index (χ3n) is 3.25. The third-order valence-corrected chi connectivity index (χ3v) is 3.25. The van der Waals surface area contributed by atoms with Crippen molar-refractivity contribution < 1.29 is 17.9 Å². The molecule has 6 nitrogen and oxygen atoms in total. The van der Waals surface area contributed by atoms with Crippen molar-refractivity contribution in [2.24, 2.45) is 0 Å². The van der Waals surface area contributed by atoms with Crippen molar-refractivity contribution in [3.8, 4) is 17.1 Å². The van der Waals surface area contributed by atoms with E-state index >= 15 is 0 Å². The predicted molar refractivity (Wildman–Crippen MR) is 66.5 cm³/mol. The van der Waals surface area contributed by atoms with Crippen LogP contribution in [0.2, 0.25) is 0 Å². The molecule has 1 N–H and O–H groups in total. The standard InChI is InChI=1S/C12H12F3N5O/c1-21-10-7(4-17-6-18-10)9-8-5-16-2-3-20(8)11(19-9)12(13,14)15/h4,6,16H,2-3,5H2,1H3. The fourth-order valence-corrected chi connectivity index (χ4v) is 2.38. The van der Waals surface area contributed by atoms with Gasteiger partial charge in [-0.1, -0.05) is 0 Å². The molecule has 0 bridgehead atoms. The molecule has 0 saturated carbocycles. The van der Waals surface area contributed by atoms with Crippen LogP contribution in [0.3, 0.4) is 0 Å². The third kappa shape index (κ3) is 2.33. The van der Waals surface area contributed by atoms with Gasteiger partial charge in [-0.2, -0.15) is 13.2 Å². The van der Waals surface area contributed by atoms with Gasteiger partial charge in [0, 0.05) is 25.8 Å². The number of methoxy groups -OCH3 is 1. The molecule has 3 heterocycles. The SMILES string of the molecule is COc1ncncc1-c1nc(C(F)(F)F)n2c1CNCC2. The Morgan fingerprint density at radius 3 is 2.90 bits per heavy atom. The van der Waals surface area contributed by atoms with E-state index in [1.165, 1.54) is 24.2 Å². The zero-order valence-corrected chi connectivity index (χ0v) is 11.1. The molecule has 1 aliphatic heterocycles. The lowest BCUT2D eigenvalue weighted by Crippen LogP contribution is -2.30. The van der Waals surface area contributed by atoms with E-state index < -0.39 is 12.0 Å². The van der Waals surface area contributed by atoms with Crippen LogP contribution in [0.4, 0.5) is 13.2 Å². The van der Waals surface area contributed by atoms with Crippen molar-refractivity contribution in [2.45, 2.75) is 19.3 Å². The Balaban J connectivity index is 2.22. The normalized spacial score (nSPS) is 14.9. The first kappa shape index (κ1) is 13.8. The molecule has 1 aliphatic rings. The van der Waals surface area contributed by atoms with Gasteiger partial charge in [0.05, 0.1) is 18.4 Å². The molecule has 2 aromatic rings. The lowest BCUT2D eigenvalue weighted by Gasteiger charge is -2.19. The molecule has 9 heteroatoms. The van der Waals surface area contributed by atoms with Crippen molar-refractivity contribution in [2.75, 3.05) is 13.7 Å². The van der Waals surface area contributed by atoms with Crippen LogP contribution in [0.5, 0.6) is 5.88 Å². The van der Waals surface area contributed by atoms with Crippen LogP contribution in [0.1, 0.15) is 11.5 Å². The van der Waals surface area contributed by atoms with Gasteiger partial charge in [-0.05, 0) is 0 Å². The average molecular weight is 299 g/mol. The molecule has 21 heavy (non-hydrogen) atoms. The molecule has 0 aromatic carbocycles. The molecule has 0 saturated heterocycles. The molecular formula is C12H12F3N5O. The summed E-state index contributed by atoms with van der Waals surface area (Å²) in [5.74, 6) is -0.704. The average Bonchev–Trinajstić information content (AvgIpc) is 2.87. The van der Waals surface area contributed by atoms with Gasteiger partial charge >= 0.3 is 6.18 Å². The monoisotopic (exact) mass is 299 g/mol. The maximum absolute atomic E-state index is 13.1. The summed E-state index contributed by atoms with van der Waals surface area (Å²) in [5.41, 5.74) is 1.01. The second-order valence-corrected chi connectivity index (χ2v) is 4.50. The van der Waals surface area contributed by atoms with Crippen LogP contribution in [0, 0.1) is 0 Å².